The molecule has 10 aromatic carbocycles. The summed E-state index contributed by atoms with van der Waals surface area (Å²) in [5.74, 6) is 0. The summed E-state index contributed by atoms with van der Waals surface area (Å²) in [4.78, 5) is 4.86. The first kappa shape index (κ1) is 37.4. The molecular weight excluding hydrogens is 775 g/mol. The fourth-order valence-electron chi connectivity index (χ4n) is 10.3. The number of nitrogens with zero attached hydrogens (tertiary/aromatic N) is 3. The van der Waals surface area contributed by atoms with E-state index >= 15 is 0 Å². The molecule has 64 heavy (non-hydrogen) atoms. The largest absolute Gasteiger partial charge is 0.310 e. The van der Waals surface area contributed by atoms with E-state index in [0.29, 0.717) is 0 Å². The molecule has 0 N–H and O–H groups in total. The normalized spacial score (nSPS) is 12.8. The minimum atomic E-state index is -0.585. The van der Waals surface area contributed by atoms with Gasteiger partial charge in [0.2, 0.25) is 0 Å². The number of benzene rings is 10. The Morgan fingerprint density at radius 2 is 0.844 bits per heavy atom. The highest BCUT2D eigenvalue weighted by atomic mass is 15.2. The van der Waals surface area contributed by atoms with E-state index in [-0.39, 0.29) is 0 Å². The van der Waals surface area contributed by atoms with Crippen molar-refractivity contribution in [3.05, 3.63) is 283 Å². The van der Waals surface area contributed by atoms with Gasteiger partial charge >= 0.3 is 0 Å². The molecule has 0 fully saturated rings. The molecule has 0 amide bonds. The summed E-state index contributed by atoms with van der Waals surface area (Å²) in [5, 5.41) is 2.48. The van der Waals surface area contributed by atoms with Gasteiger partial charge in [-0.15, -0.1) is 0 Å². The summed E-state index contributed by atoms with van der Waals surface area (Å²) in [7, 11) is 0. The molecular formula is C61H43N3. The monoisotopic (exact) mass is 817 g/mol. The first-order valence-corrected chi connectivity index (χ1v) is 22.0. The van der Waals surface area contributed by atoms with Crippen LogP contribution >= 0.6 is 0 Å². The Morgan fingerprint density at radius 3 is 1.56 bits per heavy atom. The van der Waals surface area contributed by atoms with Crippen molar-refractivity contribution < 1.29 is 0 Å². The summed E-state index contributed by atoms with van der Waals surface area (Å²) in [6, 6.07) is 95.0. The molecule has 11 aromatic rings. The Balaban J connectivity index is 1.07. The highest BCUT2D eigenvalue weighted by molar-refractivity contribution is 6.10. The number of anilines is 6. The van der Waals surface area contributed by atoms with E-state index in [2.05, 4.69) is 275 Å². The van der Waals surface area contributed by atoms with Crippen LogP contribution in [0.4, 0.5) is 34.1 Å². The van der Waals surface area contributed by atoms with Gasteiger partial charge in [0, 0.05) is 39.2 Å². The van der Waals surface area contributed by atoms with Gasteiger partial charge in [-0.3, -0.25) is 0 Å². The molecule has 3 heteroatoms. The molecule has 302 valence electrons. The van der Waals surface area contributed by atoms with E-state index in [1.54, 1.807) is 0 Å². The van der Waals surface area contributed by atoms with Gasteiger partial charge in [-0.25, -0.2) is 0 Å². The molecule has 0 aliphatic carbocycles. The Bertz CT molecular complexity index is 3390. The van der Waals surface area contributed by atoms with Crippen LogP contribution in [0.25, 0.3) is 38.6 Å². The topological polar surface area (TPSA) is 11.4 Å². The molecule has 0 atom stereocenters. The molecule has 1 aliphatic heterocycles. The minimum Gasteiger partial charge on any atom is -0.310 e. The number of aromatic nitrogens is 1. The van der Waals surface area contributed by atoms with Crippen molar-refractivity contribution in [2.75, 3.05) is 9.80 Å². The van der Waals surface area contributed by atoms with Crippen molar-refractivity contribution in [1.82, 2.24) is 4.57 Å². The molecule has 0 unspecified atom stereocenters. The SMILES string of the molecule is c1ccc(N(c2cccc(-c3ccc4c(c3)c3ccccc3n4-c3ccccc3)c2)c2ccc3c(c2)N(c2ccccc2)c2ccccc2C3(c2ccccc2)c2ccccc2)cc1. The summed E-state index contributed by atoms with van der Waals surface area (Å²) < 4.78 is 2.37. The summed E-state index contributed by atoms with van der Waals surface area (Å²) in [6.45, 7) is 0. The van der Waals surface area contributed by atoms with Crippen LogP contribution in [0.3, 0.4) is 0 Å². The molecule has 1 aromatic heterocycles. The predicted molar refractivity (Wildman–Crippen MR) is 267 cm³/mol. The Hall–Kier alpha value is -8.40. The highest BCUT2D eigenvalue weighted by Crippen LogP contribution is 2.58. The number of rotatable bonds is 8. The third kappa shape index (κ3) is 5.97. The van der Waals surface area contributed by atoms with Crippen LogP contribution in [0.2, 0.25) is 0 Å². The van der Waals surface area contributed by atoms with Gasteiger partial charge in [0.25, 0.3) is 0 Å². The van der Waals surface area contributed by atoms with Crippen molar-refractivity contribution in [3.8, 4) is 16.8 Å². The third-order valence-electron chi connectivity index (χ3n) is 13.0. The van der Waals surface area contributed by atoms with E-state index in [1.807, 2.05) is 0 Å². The molecule has 1 aliphatic rings. The maximum atomic E-state index is 2.46. The molecule has 12 rings (SSSR count). The first-order valence-electron chi connectivity index (χ1n) is 22.0. The van der Waals surface area contributed by atoms with Crippen molar-refractivity contribution in [3.63, 3.8) is 0 Å². The van der Waals surface area contributed by atoms with E-state index < -0.39 is 5.41 Å². The van der Waals surface area contributed by atoms with Crippen LogP contribution in [-0.2, 0) is 5.41 Å². The van der Waals surface area contributed by atoms with E-state index in [1.165, 1.54) is 49.6 Å². The number of hydrogen-bond donors (Lipinski definition) is 0. The van der Waals surface area contributed by atoms with Crippen molar-refractivity contribution in [2.24, 2.45) is 0 Å². The molecule has 0 spiro atoms. The second-order valence-electron chi connectivity index (χ2n) is 16.5. The fraction of sp³-hybridized carbons (Fsp3) is 0.0164. The van der Waals surface area contributed by atoms with Crippen molar-refractivity contribution in [2.45, 2.75) is 5.41 Å². The van der Waals surface area contributed by atoms with Gasteiger partial charge < -0.3 is 14.4 Å². The number of para-hydroxylation sites is 5. The van der Waals surface area contributed by atoms with Crippen LogP contribution in [0, 0.1) is 0 Å². The smallest absolute Gasteiger partial charge is 0.0742 e. The standard InChI is InChI=1S/C61H43N3/c1-6-22-46(23-7-1)61(47-24-8-2-9-25-47)55-34-17-19-36-59(55)64(50-30-14-5-15-31-50)60-43-52(38-39-56(60)61)62(48-26-10-3-11-27-48)51-32-20-21-44(41-51)45-37-40-58-54(42-45)53-33-16-18-35-57(53)63(58)49-28-12-4-13-29-49/h1-43H. The maximum Gasteiger partial charge on any atom is 0.0742 e. The van der Waals surface area contributed by atoms with E-state index in [4.69, 9.17) is 0 Å². The molecule has 2 heterocycles. The van der Waals surface area contributed by atoms with Gasteiger partial charge in [-0.1, -0.05) is 176 Å². The quantitative estimate of drug-likeness (QED) is 0.151. The third-order valence-corrected chi connectivity index (χ3v) is 13.0. The average molecular weight is 818 g/mol. The predicted octanol–water partition coefficient (Wildman–Crippen LogP) is 16.1. The molecule has 0 bridgehead atoms. The molecule has 3 nitrogen and oxygen atoms in total. The minimum absolute atomic E-state index is 0.585. The number of hydrogen-bond acceptors (Lipinski definition) is 2. The lowest BCUT2D eigenvalue weighted by Gasteiger charge is -2.47. The lowest BCUT2D eigenvalue weighted by atomic mass is 9.62. The van der Waals surface area contributed by atoms with Crippen LogP contribution in [-0.4, -0.2) is 4.57 Å². The fourth-order valence-corrected chi connectivity index (χ4v) is 10.3. The zero-order chi connectivity index (χ0) is 42.5. The van der Waals surface area contributed by atoms with E-state index in [0.717, 1.165) is 45.4 Å². The van der Waals surface area contributed by atoms with Gasteiger partial charge in [0.05, 0.1) is 27.8 Å². The second kappa shape index (κ2) is 15.5. The summed E-state index contributed by atoms with van der Waals surface area (Å²) in [6.07, 6.45) is 0. The lowest BCUT2D eigenvalue weighted by molar-refractivity contribution is 0.731. The Kier molecular flexibility index (Phi) is 9.05. The van der Waals surface area contributed by atoms with Gasteiger partial charge in [0.1, 0.15) is 0 Å². The van der Waals surface area contributed by atoms with Crippen molar-refractivity contribution >= 4 is 55.9 Å². The first-order chi connectivity index (χ1) is 31.8. The van der Waals surface area contributed by atoms with E-state index in [9.17, 15) is 0 Å². The van der Waals surface area contributed by atoms with Gasteiger partial charge in [0.15, 0.2) is 0 Å². The summed E-state index contributed by atoms with van der Waals surface area (Å²) in [5.41, 5.74) is 16.8. The van der Waals surface area contributed by atoms with Gasteiger partial charge in [-0.05, 0) is 118 Å². The zero-order valence-corrected chi connectivity index (χ0v) is 35.2. The maximum absolute atomic E-state index is 2.46. The van der Waals surface area contributed by atoms with Crippen LogP contribution in [0.1, 0.15) is 22.3 Å². The number of fused-ring (bicyclic) bond motifs is 5. The second-order valence-corrected chi connectivity index (χ2v) is 16.5. The molecule has 0 saturated heterocycles. The van der Waals surface area contributed by atoms with Crippen molar-refractivity contribution in [1.29, 1.82) is 0 Å². The average Bonchev–Trinajstić information content (AvgIpc) is 3.71. The van der Waals surface area contributed by atoms with Crippen LogP contribution in [0.15, 0.2) is 261 Å². The lowest BCUT2D eigenvalue weighted by Crippen LogP contribution is -2.37. The molecule has 0 radical (unpaired) electrons. The Morgan fingerprint density at radius 1 is 0.312 bits per heavy atom. The molecule has 0 saturated carbocycles. The Labute approximate surface area is 374 Å². The highest BCUT2D eigenvalue weighted by Gasteiger charge is 2.46. The van der Waals surface area contributed by atoms with Crippen LogP contribution < -0.4 is 9.80 Å². The van der Waals surface area contributed by atoms with Gasteiger partial charge in [-0.2, -0.15) is 0 Å². The van der Waals surface area contributed by atoms with Crippen LogP contribution in [0.5, 0.6) is 0 Å². The zero-order valence-electron chi connectivity index (χ0n) is 35.2. The summed E-state index contributed by atoms with van der Waals surface area (Å²) >= 11 is 0.